The number of hydrogen-bond acceptors (Lipinski definition) is 5. The van der Waals surface area contributed by atoms with Crippen molar-refractivity contribution < 1.29 is 8.42 Å². The Morgan fingerprint density at radius 2 is 1.47 bits per heavy atom. The predicted molar refractivity (Wildman–Crippen MR) is 136 cm³/mol. The van der Waals surface area contributed by atoms with Crippen LogP contribution in [0.25, 0.3) is 22.3 Å². The molecule has 1 aliphatic rings. The second kappa shape index (κ2) is 9.16. The smallest absolute Gasteiger partial charge is 0.243 e. The minimum atomic E-state index is -3.57. The third-order valence-corrected chi connectivity index (χ3v) is 8.36. The number of para-hydroxylation sites is 2. The van der Waals surface area contributed by atoms with Crippen LogP contribution in [-0.2, 0) is 10.0 Å². The van der Waals surface area contributed by atoms with Gasteiger partial charge in [0.15, 0.2) is 5.82 Å². The van der Waals surface area contributed by atoms with Gasteiger partial charge in [-0.2, -0.15) is 4.31 Å². The van der Waals surface area contributed by atoms with Gasteiger partial charge in [0.1, 0.15) is 5.69 Å². The maximum atomic E-state index is 13.5. The Kier molecular flexibility index (Phi) is 6.06. The van der Waals surface area contributed by atoms with Gasteiger partial charge in [0.2, 0.25) is 10.0 Å². The van der Waals surface area contributed by atoms with Gasteiger partial charge in [-0.3, -0.25) is 0 Å². The summed E-state index contributed by atoms with van der Waals surface area (Å²) < 4.78 is 28.6. The van der Waals surface area contributed by atoms with Crippen molar-refractivity contribution in [1.82, 2.24) is 14.3 Å². The van der Waals surface area contributed by atoms with Crippen LogP contribution in [0.4, 0.5) is 5.82 Å². The Labute approximate surface area is 200 Å². The Morgan fingerprint density at radius 3 is 2.24 bits per heavy atom. The minimum absolute atomic E-state index is 0.399. The van der Waals surface area contributed by atoms with Crippen molar-refractivity contribution in [3.05, 3.63) is 83.9 Å². The summed E-state index contributed by atoms with van der Waals surface area (Å²) in [6, 6.07) is 23.5. The zero-order valence-electron chi connectivity index (χ0n) is 19.5. The molecule has 0 radical (unpaired) electrons. The molecule has 0 saturated carbocycles. The molecule has 1 saturated heterocycles. The largest absolute Gasteiger partial charge is 0.353 e. The van der Waals surface area contributed by atoms with Crippen molar-refractivity contribution in [2.24, 2.45) is 0 Å². The number of nitrogens with zero attached hydrogens (tertiary/aromatic N) is 4. The summed E-state index contributed by atoms with van der Waals surface area (Å²) in [6.07, 6.45) is 0.715. The molecule has 3 aromatic carbocycles. The average molecular weight is 473 g/mol. The fourth-order valence-electron chi connectivity index (χ4n) is 4.47. The number of aromatic nitrogens is 2. The van der Waals surface area contributed by atoms with E-state index < -0.39 is 10.0 Å². The van der Waals surface area contributed by atoms with E-state index in [1.807, 2.05) is 80.6 Å². The van der Waals surface area contributed by atoms with E-state index in [1.54, 1.807) is 10.4 Å². The van der Waals surface area contributed by atoms with Gasteiger partial charge < -0.3 is 4.90 Å². The molecule has 0 N–H and O–H groups in total. The van der Waals surface area contributed by atoms with Crippen LogP contribution in [0, 0.1) is 13.8 Å². The van der Waals surface area contributed by atoms with Crippen LogP contribution in [-0.4, -0.2) is 48.9 Å². The topological polar surface area (TPSA) is 66.4 Å². The zero-order chi connectivity index (χ0) is 23.7. The number of rotatable bonds is 4. The van der Waals surface area contributed by atoms with Crippen LogP contribution in [0.5, 0.6) is 0 Å². The highest BCUT2D eigenvalue weighted by molar-refractivity contribution is 7.89. The second-order valence-electron chi connectivity index (χ2n) is 8.76. The van der Waals surface area contributed by atoms with Crippen molar-refractivity contribution >= 4 is 26.9 Å². The van der Waals surface area contributed by atoms with Crippen molar-refractivity contribution in [3.63, 3.8) is 0 Å². The van der Waals surface area contributed by atoms with Crippen molar-refractivity contribution in [2.75, 3.05) is 31.1 Å². The van der Waals surface area contributed by atoms with Crippen molar-refractivity contribution in [3.8, 4) is 11.3 Å². The van der Waals surface area contributed by atoms with Crippen LogP contribution < -0.4 is 4.90 Å². The summed E-state index contributed by atoms with van der Waals surface area (Å²) in [5.74, 6) is 0.802. The lowest BCUT2D eigenvalue weighted by atomic mass is 10.1. The summed E-state index contributed by atoms with van der Waals surface area (Å²) in [4.78, 5) is 12.5. The molecule has 174 valence electrons. The average Bonchev–Trinajstić information content (AvgIpc) is 3.12. The number of anilines is 1. The molecule has 1 aliphatic heterocycles. The van der Waals surface area contributed by atoms with Crippen LogP contribution in [0.15, 0.2) is 77.7 Å². The number of hydrogen-bond donors (Lipinski definition) is 0. The highest BCUT2D eigenvalue weighted by Crippen LogP contribution is 2.31. The molecule has 34 heavy (non-hydrogen) atoms. The molecule has 0 atom stereocenters. The number of benzene rings is 3. The summed E-state index contributed by atoms with van der Waals surface area (Å²) in [6.45, 7) is 5.92. The van der Waals surface area contributed by atoms with Crippen molar-refractivity contribution in [1.29, 1.82) is 0 Å². The van der Waals surface area contributed by atoms with Crippen LogP contribution in [0.1, 0.15) is 17.5 Å². The van der Waals surface area contributed by atoms with Gasteiger partial charge in [-0.25, -0.2) is 18.4 Å². The van der Waals surface area contributed by atoms with Crippen LogP contribution in [0.3, 0.4) is 0 Å². The second-order valence-corrected chi connectivity index (χ2v) is 10.7. The van der Waals surface area contributed by atoms with Gasteiger partial charge in [0.05, 0.1) is 15.9 Å². The van der Waals surface area contributed by atoms with Gasteiger partial charge in [-0.15, -0.1) is 0 Å². The summed E-state index contributed by atoms with van der Waals surface area (Å²) >= 11 is 0. The van der Waals surface area contributed by atoms with Gasteiger partial charge in [-0.05, 0) is 49.6 Å². The van der Waals surface area contributed by atoms with Crippen molar-refractivity contribution in [2.45, 2.75) is 25.2 Å². The summed E-state index contributed by atoms with van der Waals surface area (Å²) in [5, 5.41) is 0. The first-order chi connectivity index (χ1) is 16.4. The van der Waals surface area contributed by atoms with Gasteiger partial charge in [0.25, 0.3) is 0 Å². The Bertz CT molecular complexity index is 1440. The minimum Gasteiger partial charge on any atom is -0.353 e. The normalized spacial score (nSPS) is 15.4. The Hall–Kier alpha value is -3.29. The predicted octanol–water partition coefficient (Wildman–Crippen LogP) is 4.81. The first-order valence-corrected chi connectivity index (χ1v) is 13.0. The molecule has 1 aromatic heterocycles. The van der Waals surface area contributed by atoms with Gasteiger partial charge in [0, 0.05) is 31.7 Å². The maximum absolute atomic E-state index is 13.5. The Morgan fingerprint density at radius 1 is 0.765 bits per heavy atom. The highest BCUT2D eigenvalue weighted by atomic mass is 32.2. The summed E-state index contributed by atoms with van der Waals surface area (Å²) in [5.41, 5.74) is 5.23. The highest BCUT2D eigenvalue weighted by Gasteiger charge is 2.29. The van der Waals surface area contributed by atoms with E-state index in [1.165, 1.54) is 0 Å². The van der Waals surface area contributed by atoms with E-state index in [0.29, 0.717) is 37.5 Å². The van der Waals surface area contributed by atoms with E-state index in [9.17, 15) is 8.42 Å². The third kappa shape index (κ3) is 4.29. The number of fused-ring (bicyclic) bond motifs is 1. The van der Waals surface area contributed by atoms with E-state index >= 15 is 0 Å². The summed E-state index contributed by atoms with van der Waals surface area (Å²) in [7, 11) is -3.57. The molecule has 0 aliphatic carbocycles. The quantitative estimate of drug-likeness (QED) is 0.426. The molecule has 1 fully saturated rings. The lowest BCUT2D eigenvalue weighted by Gasteiger charge is -2.25. The monoisotopic (exact) mass is 472 g/mol. The standard InChI is InChI=1S/C27H28N4O2S/c1-20-13-14-21(2)25(19-20)34(32,33)31-16-8-15-30(17-18-31)27-26(22-9-4-3-5-10-22)28-23-11-6-7-12-24(23)29-27/h3-7,9-14,19H,8,15-18H2,1-2H3. The molecule has 5 rings (SSSR count). The molecule has 2 heterocycles. The first-order valence-electron chi connectivity index (χ1n) is 11.6. The number of aryl methyl sites for hydroxylation is 2. The molecule has 0 spiro atoms. The van der Waals surface area contributed by atoms with E-state index in [0.717, 1.165) is 39.2 Å². The lowest BCUT2D eigenvalue weighted by molar-refractivity contribution is 0.432. The molecule has 4 aromatic rings. The lowest BCUT2D eigenvalue weighted by Crippen LogP contribution is -2.36. The van der Waals surface area contributed by atoms with E-state index in [4.69, 9.17) is 9.97 Å². The van der Waals surface area contributed by atoms with Gasteiger partial charge >= 0.3 is 0 Å². The van der Waals surface area contributed by atoms with Gasteiger partial charge in [-0.1, -0.05) is 54.6 Å². The molecular formula is C27H28N4O2S. The molecular weight excluding hydrogens is 444 g/mol. The molecule has 7 heteroatoms. The van der Waals surface area contributed by atoms with Crippen LogP contribution in [0.2, 0.25) is 0 Å². The zero-order valence-corrected chi connectivity index (χ0v) is 20.3. The molecule has 0 amide bonds. The Balaban J connectivity index is 1.49. The first kappa shape index (κ1) is 22.5. The fourth-order valence-corrected chi connectivity index (χ4v) is 6.25. The van der Waals surface area contributed by atoms with E-state index in [2.05, 4.69) is 4.90 Å². The third-order valence-electron chi connectivity index (χ3n) is 6.32. The van der Waals surface area contributed by atoms with E-state index in [-0.39, 0.29) is 0 Å². The molecule has 0 bridgehead atoms. The number of sulfonamides is 1. The maximum Gasteiger partial charge on any atom is 0.243 e. The SMILES string of the molecule is Cc1ccc(C)c(S(=O)(=O)N2CCCN(c3nc4ccccc4nc3-c3ccccc3)CC2)c1. The molecule has 6 nitrogen and oxygen atoms in total. The fraction of sp³-hybridized carbons (Fsp3) is 0.259. The van der Waals surface area contributed by atoms with Crippen LogP contribution >= 0.6 is 0 Å². The molecule has 0 unspecified atom stereocenters.